The van der Waals surface area contributed by atoms with Gasteiger partial charge in [0.25, 0.3) is 0 Å². The Labute approximate surface area is 120 Å². The number of aromatic nitrogens is 2. The van der Waals surface area contributed by atoms with Gasteiger partial charge in [-0.05, 0) is 30.7 Å². The summed E-state index contributed by atoms with van der Waals surface area (Å²) in [6.07, 6.45) is 1.08. The van der Waals surface area contributed by atoms with Crippen LogP contribution in [0.4, 0.5) is 6.01 Å². The number of hydrogen-bond donors (Lipinski definition) is 1. The predicted octanol–water partition coefficient (Wildman–Crippen LogP) is 2.03. The molecule has 1 saturated heterocycles. The highest BCUT2D eigenvalue weighted by atomic mass is 35.5. The van der Waals surface area contributed by atoms with Gasteiger partial charge in [-0.3, -0.25) is 4.79 Å². The summed E-state index contributed by atoms with van der Waals surface area (Å²) in [6, 6.07) is 7.34. The molecule has 3 rings (SSSR count). The number of benzene rings is 1. The number of nitrogens with zero attached hydrogens (tertiary/aromatic N) is 3. The molecule has 7 heteroatoms. The Morgan fingerprint density at radius 3 is 2.70 bits per heavy atom. The minimum atomic E-state index is 0.0440. The molecule has 6 nitrogen and oxygen atoms in total. The predicted molar refractivity (Wildman–Crippen MR) is 74.4 cm³/mol. The fourth-order valence-electron chi connectivity index (χ4n) is 1.83. The molecule has 1 fully saturated rings. The molecule has 104 valence electrons. The first-order chi connectivity index (χ1) is 9.72. The first-order valence-electron chi connectivity index (χ1n) is 6.33. The Bertz CT molecular complexity index is 607. The average molecular weight is 293 g/mol. The van der Waals surface area contributed by atoms with E-state index in [1.807, 2.05) is 0 Å². The second-order valence-corrected chi connectivity index (χ2v) is 4.94. The number of likely N-dealkylation sites (tertiary alicyclic amines) is 1. The van der Waals surface area contributed by atoms with E-state index in [9.17, 15) is 4.79 Å². The van der Waals surface area contributed by atoms with Crippen LogP contribution in [0.2, 0.25) is 5.02 Å². The van der Waals surface area contributed by atoms with E-state index in [0.29, 0.717) is 10.9 Å². The SMILES string of the molecule is O=C(CNc1nnc(-c2ccc(Cl)cc2)o1)N1CCC1. The van der Waals surface area contributed by atoms with Gasteiger partial charge in [0.1, 0.15) is 0 Å². The lowest BCUT2D eigenvalue weighted by Gasteiger charge is -2.30. The van der Waals surface area contributed by atoms with Crippen LogP contribution < -0.4 is 5.32 Å². The van der Waals surface area contributed by atoms with E-state index in [0.717, 1.165) is 25.1 Å². The molecule has 0 aliphatic carbocycles. The monoisotopic (exact) mass is 292 g/mol. The summed E-state index contributed by atoms with van der Waals surface area (Å²) >= 11 is 5.82. The maximum absolute atomic E-state index is 11.7. The van der Waals surface area contributed by atoms with E-state index >= 15 is 0 Å². The number of carbonyl (C=O) groups is 1. The van der Waals surface area contributed by atoms with E-state index in [4.69, 9.17) is 16.0 Å². The molecule has 0 atom stereocenters. The highest BCUT2D eigenvalue weighted by molar-refractivity contribution is 6.30. The third kappa shape index (κ3) is 2.75. The largest absolute Gasteiger partial charge is 0.403 e. The van der Waals surface area contributed by atoms with Crippen LogP contribution >= 0.6 is 11.6 Å². The maximum Gasteiger partial charge on any atom is 0.316 e. The lowest BCUT2D eigenvalue weighted by molar-refractivity contribution is -0.132. The summed E-state index contributed by atoms with van der Waals surface area (Å²) in [7, 11) is 0. The fourth-order valence-corrected chi connectivity index (χ4v) is 1.96. The molecule has 1 aliphatic rings. The average Bonchev–Trinajstić information content (AvgIpc) is 2.84. The minimum Gasteiger partial charge on any atom is -0.403 e. The van der Waals surface area contributed by atoms with Crippen LogP contribution in [-0.2, 0) is 4.79 Å². The summed E-state index contributed by atoms with van der Waals surface area (Å²) in [5.41, 5.74) is 0.781. The molecule has 1 aromatic heterocycles. The van der Waals surface area contributed by atoms with E-state index in [1.54, 1.807) is 29.2 Å². The van der Waals surface area contributed by atoms with Gasteiger partial charge in [0, 0.05) is 23.7 Å². The van der Waals surface area contributed by atoms with Gasteiger partial charge in [-0.15, -0.1) is 5.10 Å². The molecule has 0 unspecified atom stereocenters. The minimum absolute atomic E-state index is 0.0440. The molecule has 1 N–H and O–H groups in total. The Morgan fingerprint density at radius 2 is 2.05 bits per heavy atom. The van der Waals surface area contributed by atoms with Crippen molar-refractivity contribution in [3.63, 3.8) is 0 Å². The lowest BCUT2D eigenvalue weighted by Crippen LogP contribution is -2.44. The number of carbonyl (C=O) groups excluding carboxylic acids is 1. The molecule has 1 amide bonds. The summed E-state index contributed by atoms with van der Waals surface area (Å²) in [6.45, 7) is 1.84. The van der Waals surface area contributed by atoms with Crippen LogP contribution in [0, 0.1) is 0 Å². The number of hydrogen-bond acceptors (Lipinski definition) is 5. The van der Waals surface area contributed by atoms with Crippen molar-refractivity contribution in [2.75, 3.05) is 25.0 Å². The molecule has 2 heterocycles. The fraction of sp³-hybridized carbons (Fsp3) is 0.308. The van der Waals surface area contributed by atoms with Crippen molar-refractivity contribution in [1.29, 1.82) is 0 Å². The Morgan fingerprint density at radius 1 is 1.30 bits per heavy atom. The van der Waals surface area contributed by atoms with E-state index in [2.05, 4.69) is 15.5 Å². The smallest absolute Gasteiger partial charge is 0.316 e. The van der Waals surface area contributed by atoms with Crippen molar-refractivity contribution < 1.29 is 9.21 Å². The van der Waals surface area contributed by atoms with Crippen molar-refractivity contribution in [2.24, 2.45) is 0 Å². The quantitative estimate of drug-likeness (QED) is 0.933. The number of rotatable bonds is 4. The Balaban J connectivity index is 1.61. The maximum atomic E-state index is 11.7. The van der Waals surface area contributed by atoms with Gasteiger partial charge in [0.15, 0.2) is 0 Å². The van der Waals surface area contributed by atoms with Crippen molar-refractivity contribution in [2.45, 2.75) is 6.42 Å². The topological polar surface area (TPSA) is 71.3 Å². The molecule has 0 bridgehead atoms. The standard InChI is InChI=1S/C13H13ClN4O2/c14-10-4-2-9(3-5-10)12-16-17-13(20-12)15-8-11(19)18-6-1-7-18/h2-5H,1,6-8H2,(H,15,17). The summed E-state index contributed by atoms with van der Waals surface area (Å²) in [4.78, 5) is 13.5. The van der Waals surface area contributed by atoms with Gasteiger partial charge in [0.05, 0.1) is 6.54 Å². The lowest BCUT2D eigenvalue weighted by atomic mass is 10.2. The second kappa shape index (κ2) is 5.50. The molecule has 1 aromatic carbocycles. The zero-order chi connectivity index (χ0) is 13.9. The molecule has 0 radical (unpaired) electrons. The van der Waals surface area contributed by atoms with Crippen LogP contribution in [0.3, 0.4) is 0 Å². The van der Waals surface area contributed by atoms with Gasteiger partial charge < -0.3 is 14.6 Å². The van der Waals surface area contributed by atoms with Gasteiger partial charge in [0.2, 0.25) is 11.8 Å². The van der Waals surface area contributed by atoms with Gasteiger partial charge in [-0.25, -0.2) is 0 Å². The van der Waals surface area contributed by atoms with Gasteiger partial charge in [-0.1, -0.05) is 16.7 Å². The number of halogens is 1. The Hall–Kier alpha value is -2.08. The molecule has 0 spiro atoms. The molecule has 2 aromatic rings. The molecule has 20 heavy (non-hydrogen) atoms. The molecule has 1 aliphatic heterocycles. The summed E-state index contributed by atoms with van der Waals surface area (Å²) in [5.74, 6) is 0.433. The van der Waals surface area contributed by atoms with Gasteiger partial charge >= 0.3 is 6.01 Å². The van der Waals surface area contributed by atoms with Crippen molar-refractivity contribution in [1.82, 2.24) is 15.1 Å². The zero-order valence-corrected chi connectivity index (χ0v) is 11.4. The molecular weight excluding hydrogens is 280 g/mol. The van der Waals surface area contributed by atoms with E-state index in [1.165, 1.54) is 0 Å². The third-order valence-electron chi connectivity index (χ3n) is 3.12. The first-order valence-corrected chi connectivity index (χ1v) is 6.71. The van der Waals surface area contributed by atoms with Crippen LogP contribution in [0.15, 0.2) is 28.7 Å². The number of nitrogens with one attached hydrogen (secondary N) is 1. The highest BCUT2D eigenvalue weighted by Crippen LogP contribution is 2.21. The van der Waals surface area contributed by atoms with Crippen molar-refractivity contribution in [3.05, 3.63) is 29.3 Å². The van der Waals surface area contributed by atoms with Crippen LogP contribution in [0.1, 0.15) is 6.42 Å². The normalized spacial score (nSPS) is 13.9. The van der Waals surface area contributed by atoms with E-state index < -0.39 is 0 Å². The Kier molecular flexibility index (Phi) is 3.56. The second-order valence-electron chi connectivity index (χ2n) is 4.51. The summed E-state index contributed by atoms with van der Waals surface area (Å²) in [5, 5.41) is 11.3. The van der Waals surface area contributed by atoms with Crippen LogP contribution in [0.5, 0.6) is 0 Å². The van der Waals surface area contributed by atoms with Crippen molar-refractivity contribution in [3.8, 4) is 11.5 Å². The number of amides is 1. The first kappa shape index (κ1) is 12.9. The van der Waals surface area contributed by atoms with E-state index in [-0.39, 0.29) is 18.5 Å². The molecule has 0 saturated carbocycles. The van der Waals surface area contributed by atoms with Gasteiger partial charge in [-0.2, -0.15) is 0 Å². The van der Waals surface area contributed by atoms with Crippen LogP contribution in [0.25, 0.3) is 11.5 Å². The number of anilines is 1. The zero-order valence-electron chi connectivity index (χ0n) is 10.7. The summed E-state index contributed by atoms with van der Waals surface area (Å²) < 4.78 is 5.44. The highest BCUT2D eigenvalue weighted by Gasteiger charge is 2.20. The van der Waals surface area contributed by atoms with Crippen molar-refractivity contribution >= 4 is 23.5 Å². The third-order valence-corrected chi connectivity index (χ3v) is 3.37. The van der Waals surface area contributed by atoms with Crippen LogP contribution in [-0.4, -0.2) is 40.6 Å². The molecular formula is C13H13ClN4O2.